The minimum atomic E-state index is -0.356. The van der Waals surface area contributed by atoms with Crippen molar-refractivity contribution in [3.63, 3.8) is 0 Å². The van der Waals surface area contributed by atoms with Crippen LogP contribution in [0.15, 0.2) is 18.3 Å². The second kappa shape index (κ2) is 4.38. The molecule has 0 saturated carbocycles. The van der Waals surface area contributed by atoms with Crippen molar-refractivity contribution in [3.05, 3.63) is 29.8 Å². The fourth-order valence-corrected chi connectivity index (χ4v) is 1.80. The maximum atomic E-state index is 12.6. The summed E-state index contributed by atoms with van der Waals surface area (Å²) in [5.41, 5.74) is 0.554. The Morgan fingerprint density at radius 3 is 2.60 bits per heavy atom. The molecule has 1 aromatic heterocycles. The number of halogens is 1. The lowest BCUT2D eigenvalue weighted by molar-refractivity contribution is 0.340. The summed E-state index contributed by atoms with van der Waals surface area (Å²) >= 11 is 0. The van der Waals surface area contributed by atoms with Gasteiger partial charge in [-0.05, 0) is 31.4 Å². The van der Waals surface area contributed by atoms with Crippen molar-refractivity contribution in [2.24, 2.45) is 0 Å². The molecule has 2 rings (SSSR count). The van der Waals surface area contributed by atoms with E-state index in [2.05, 4.69) is 4.98 Å². The van der Waals surface area contributed by atoms with Gasteiger partial charge in [0.25, 0.3) is 0 Å². The third-order valence-corrected chi connectivity index (χ3v) is 2.64. The summed E-state index contributed by atoms with van der Waals surface area (Å²) in [6, 6.07) is 2.91. The van der Waals surface area contributed by atoms with Gasteiger partial charge in [-0.1, -0.05) is 0 Å². The molecule has 1 aromatic rings. The van der Waals surface area contributed by atoms with Gasteiger partial charge in [0.15, 0.2) is 0 Å². The SMILES string of the molecule is N=C(c1ccc(F)cn1)N1CCCCC1. The number of piperidine rings is 1. The second-order valence-electron chi connectivity index (χ2n) is 3.76. The van der Waals surface area contributed by atoms with E-state index in [1.165, 1.54) is 12.5 Å². The third-order valence-electron chi connectivity index (χ3n) is 2.64. The molecular weight excluding hydrogens is 193 g/mol. The summed E-state index contributed by atoms with van der Waals surface area (Å²) < 4.78 is 12.6. The molecule has 1 saturated heterocycles. The molecule has 0 radical (unpaired) electrons. The standard InChI is InChI=1S/C11H14FN3/c12-9-4-5-10(14-8-9)11(13)15-6-2-1-3-7-15/h4-5,8,13H,1-3,6-7H2. The van der Waals surface area contributed by atoms with Crippen molar-refractivity contribution < 1.29 is 4.39 Å². The third kappa shape index (κ3) is 2.32. The van der Waals surface area contributed by atoms with E-state index in [0.29, 0.717) is 11.5 Å². The Hall–Kier alpha value is -1.45. The van der Waals surface area contributed by atoms with Gasteiger partial charge in [0, 0.05) is 13.1 Å². The van der Waals surface area contributed by atoms with Crippen LogP contribution < -0.4 is 0 Å². The van der Waals surface area contributed by atoms with Crippen molar-refractivity contribution in [2.75, 3.05) is 13.1 Å². The topological polar surface area (TPSA) is 40.0 Å². The highest BCUT2D eigenvalue weighted by molar-refractivity contribution is 5.94. The van der Waals surface area contributed by atoms with Gasteiger partial charge in [0.05, 0.1) is 6.20 Å². The molecule has 1 fully saturated rings. The van der Waals surface area contributed by atoms with Crippen LogP contribution in [0.2, 0.25) is 0 Å². The fourth-order valence-electron chi connectivity index (χ4n) is 1.80. The molecule has 0 bridgehead atoms. The largest absolute Gasteiger partial charge is 0.355 e. The molecular formula is C11H14FN3. The maximum Gasteiger partial charge on any atom is 0.147 e. The Morgan fingerprint density at radius 1 is 1.27 bits per heavy atom. The lowest BCUT2D eigenvalue weighted by atomic mass is 10.1. The van der Waals surface area contributed by atoms with Gasteiger partial charge >= 0.3 is 0 Å². The van der Waals surface area contributed by atoms with Gasteiger partial charge in [0.2, 0.25) is 0 Å². The van der Waals surface area contributed by atoms with Crippen molar-refractivity contribution in [3.8, 4) is 0 Å². The highest BCUT2D eigenvalue weighted by atomic mass is 19.1. The van der Waals surface area contributed by atoms with Crippen molar-refractivity contribution in [1.29, 1.82) is 5.41 Å². The quantitative estimate of drug-likeness (QED) is 0.565. The van der Waals surface area contributed by atoms with Crippen LogP contribution in [0.1, 0.15) is 25.0 Å². The number of rotatable bonds is 1. The molecule has 0 aliphatic carbocycles. The van der Waals surface area contributed by atoms with E-state index >= 15 is 0 Å². The van der Waals surface area contributed by atoms with E-state index in [4.69, 9.17) is 5.41 Å². The lowest BCUT2D eigenvalue weighted by Crippen LogP contribution is -2.36. The highest BCUT2D eigenvalue weighted by Gasteiger charge is 2.15. The zero-order chi connectivity index (χ0) is 10.7. The Balaban J connectivity index is 2.09. The van der Waals surface area contributed by atoms with Gasteiger partial charge in [-0.2, -0.15) is 0 Å². The average molecular weight is 207 g/mol. The van der Waals surface area contributed by atoms with Crippen molar-refractivity contribution in [1.82, 2.24) is 9.88 Å². The molecule has 2 heterocycles. The van der Waals surface area contributed by atoms with Crippen LogP contribution in [0.4, 0.5) is 4.39 Å². The summed E-state index contributed by atoms with van der Waals surface area (Å²) in [6.45, 7) is 1.83. The highest BCUT2D eigenvalue weighted by Crippen LogP contribution is 2.11. The van der Waals surface area contributed by atoms with Crippen LogP contribution in [-0.2, 0) is 0 Å². The number of pyridine rings is 1. The van der Waals surface area contributed by atoms with Crippen LogP contribution in [0.5, 0.6) is 0 Å². The fraction of sp³-hybridized carbons (Fsp3) is 0.455. The number of nitrogens with one attached hydrogen (secondary N) is 1. The normalized spacial score (nSPS) is 16.5. The van der Waals surface area contributed by atoms with Gasteiger partial charge in [-0.3, -0.25) is 5.41 Å². The van der Waals surface area contributed by atoms with Crippen LogP contribution in [0.3, 0.4) is 0 Å². The predicted octanol–water partition coefficient (Wildman–Crippen LogP) is 2.03. The van der Waals surface area contributed by atoms with E-state index in [1.807, 2.05) is 4.90 Å². The summed E-state index contributed by atoms with van der Waals surface area (Å²) in [4.78, 5) is 5.92. The minimum Gasteiger partial charge on any atom is -0.355 e. The van der Waals surface area contributed by atoms with E-state index in [-0.39, 0.29) is 5.82 Å². The van der Waals surface area contributed by atoms with Crippen LogP contribution in [-0.4, -0.2) is 28.8 Å². The molecule has 0 spiro atoms. The Bertz CT molecular complexity index is 341. The first-order valence-corrected chi connectivity index (χ1v) is 5.23. The summed E-state index contributed by atoms with van der Waals surface area (Å²) in [5.74, 6) is 0.0555. The van der Waals surface area contributed by atoms with Crippen LogP contribution in [0, 0.1) is 11.2 Å². The Labute approximate surface area is 88.4 Å². The lowest BCUT2D eigenvalue weighted by Gasteiger charge is -2.28. The second-order valence-corrected chi connectivity index (χ2v) is 3.76. The molecule has 4 heteroatoms. The van der Waals surface area contributed by atoms with E-state index in [1.54, 1.807) is 6.07 Å². The molecule has 1 aliphatic rings. The van der Waals surface area contributed by atoms with Gasteiger partial charge in [-0.25, -0.2) is 9.37 Å². The number of amidine groups is 1. The van der Waals surface area contributed by atoms with Gasteiger partial charge in [0.1, 0.15) is 17.3 Å². The number of hydrogen-bond acceptors (Lipinski definition) is 2. The smallest absolute Gasteiger partial charge is 0.147 e. The average Bonchev–Trinajstić information content (AvgIpc) is 2.30. The summed E-state index contributed by atoms with van der Waals surface area (Å²) in [6.07, 6.45) is 4.65. The molecule has 3 nitrogen and oxygen atoms in total. The zero-order valence-electron chi connectivity index (χ0n) is 8.54. The first kappa shape index (κ1) is 10.1. The number of likely N-dealkylation sites (tertiary alicyclic amines) is 1. The molecule has 0 atom stereocenters. The van der Waals surface area contributed by atoms with E-state index < -0.39 is 0 Å². The van der Waals surface area contributed by atoms with Crippen LogP contribution in [0.25, 0.3) is 0 Å². The molecule has 0 amide bonds. The number of aromatic nitrogens is 1. The van der Waals surface area contributed by atoms with Gasteiger partial charge < -0.3 is 4.90 Å². The molecule has 80 valence electrons. The Kier molecular flexibility index (Phi) is 2.94. The van der Waals surface area contributed by atoms with Crippen molar-refractivity contribution in [2.45, 2.75) is 19.3 Å². The van der Waals surface area contributed by atoms with Gasteiger partial charge in [-0.15, -0.1) is 0 Å². The van der Waals surface area contributed by atoms with E-state index in [0.717, 1.165) is 32.1 Å². The first-order valence-electron chi connectivity index (χ1n) is 5.23. The summed E-state index contributed by atoms with van der Waals surface area (Å²) in [5, 5.41) is 7.94. The number of nitrogens with zero attached hydrogens (tertiary/aromatic N) is 2. The van der Waals surface area contributed by atoms with Crippen molar-refractivity contribution >= 4 is 5.84 Å². The maximum absolute atomic E-state index is 12.6. The Morgan fingerprint density at radius 2 is 2.00 bits per heavy atom. The van der Waals surface area contributed by atoms with E-state index in [9.17, 15) is 4.39 Å². The predicted molar refractivity (Wildman–Crippen MR) is 56.4 cm³/mol. The zero-order valence-corrected chi connectivity index (χ0v) is 8.54. The molecule has 15 heavy (non-hydrogen) atoms. The monoisotopic (exact) mass is 207 g/mol. The molecule has 0 aromatic carbocycles. The minimum absolute atomic E-state index is 0.356. The number of hydrogen-bond donors (Lipinski definition) is 1. The molecule has 1 aliphatic heterocycles. The summed E-state index contributed by atoms with van der Waals surface area (Å²) in [7, 11) is 0. The molecule has 0 unspecified atom stereocenters. The molecule has 1 N–H and O–H groups in total. The van der Waals surface area contributed by atoms with Crippen LogP contribution >= 0.6 is 0 Å². The first-order chi connectivity index (χ1) is 7.27.